The lowest BCUT2D eigenvalue weighted by molar-refractivity contribution is -0.121. The Balaban J connectivity index is 1.45. The highest BCUT2D eigenvalue weighted by molar-refractivity contribution is 6.31. The molecular weight excluding hydrogens is 437 g/mol. The largest absolute Gasteiger partial charge is 0.378 e. The van der Waals surface area contributed by atoms with Gasteiger partial charge >= 0.3 is 0 Å². The van der Waals surface area contributed by atoms with Crippen LogP contribution in [0.3, 0.4) is 0 Å². The van der Waals surface area contributed by atoms with E-state index in [0.717, 1.165) is 31.6 Å². The van der Waals surface area contributed by atoms with Crippen molar-refractivity contribution in [3.8, 4) is 0 Å². The number of amides is 2. The zero-order valence-corrected chi connectivity index (χ0v) is 18.7. The molecule has 0 saturated carbocycles. The van der Waals surface area contributed by atoms with Crippen LogP contribution in [0.2, 0.25) is 10.0 Å². The molecule has 4 rings (SSSR count). The summed E-state index contributed by atoms with van der Waals surface area (Å²) in [4.78, 5) is 29.9. The van der Waals surface area contributed by atoms with Crippen LogP contribution in [0.1, 0.15) is 23.2 Å². The van der Waals surface area contributed by atoms with Gasteiger partial charge in [-0.15, -0.1) is 0 Å². The summed E-state index contributed by atoms with van der Waals surface area (Å²) in [5, 5.41) is 4.22. The second kappa shape index (κ2) is 9.90. The fourth-order valence-electron chi connectivity index (χ4n) is 4.07. The SMILES string of the molecule is O=C(Nc1cc(Cl)ccc1N1CCOCC1)[C@@H]1CCCN(C(=O)c2ccc(Cl)cc2)C1. The van der Waals surface area contributed by atoms with Crippen molar-refractivity contribution in [2.24, 2.45) is 5.92 Å². The minimum absolute atomic E-state index is 0.0778. The molecule has 2 aliphatic heterocycles. The first kappa shape index (κ1) is 21.9. The number of nitrogens with zero attached hydrogens (tertiary/aromatic N) is 2. The quantitative estimate of drug-likeness (QED) is 0.736. The molecule has 2 aromatic carbocycles. The molecule has 0 aliphatic carbocycles. The van der Waals surface area contributed by atoms with Gasteiger partial charge < -0.3 is 19.9 Å². The maximum absolute atomic E-state index is 13.1. The number of benzene rings is 2. The van der Waals surface area contributed by atoms with E-state index in [2.05, 4.69) is 10.2 Å². The Morgan fingerprint density at radius 1 is 0.968 bits per heavy atom. The van der Waals surface area contributed by atoms with E-state index in [9.17, 15) is 9.59 Å². The predicted molar refractivity (Wildman–Crippen MR) is 123 cm³/mol. The van der Waals surface area contributed by atoms with Gasteiger partial charge in [0.15, 0.2) is 0 Å². The molecule has 1 atom stereocenters. The second-order valence-corrected chi connectivity index (χ2v) is 8.72. The van der Waals surface area contributed by atoms with Crippen molar-refractivity contribution in [1.29, 1.82) is 0 Å². The first-order chi connectivity index (χ1) is 15.0. The van der Waals surface area contributed by atoms with Gasteiger partial charge in [0.25, 0.3) is 5.91 Å². The van der Waals surface area contributed by atoms with Crippen molar-refractivity contribution in [2.45, 2.75) is 12.8 Å². The minimum atomic E-state index is -0.276. The Bertz CT molecular complexity index is 946. The zero-order chi connectivity index (χ0) is 21.8. The molecule has 8 heteroatoms. The van der Waals surface area contributed by atoms with Crippen LogP contribution >= 0.6 is 23.2 Å². The van der Waals surface area contributed by atoms with Crippen molar-refractivity contribution in [3.05, 3.63) is 58.1 Å². The maximum atomic E-state index is 13.1. The van der Waals surface area contributed by atoms with Crippen molar-refractivity contribution in [1.82, 2.24) is 4.90 Å². The Morgan fingerprint density at radius 3 is 2.42 bits per heavy atom. The molecule has 2 heterocycles. The average molecular weight is 462 g/mol. The molecule has 2 saturated heterocycles. The van der Waals surface area contributed by atoms with Crippen molar-refractivity contribution in [2.75, 3.05) is 49.6 Å². The third-order valence-corrected chi connectivity index (χ3v) is 6.23. The monoisotopic (exact) mass is 461 g/mol. The third kappa shape index (κ3) is 5.32. The van der Waals surface area contributed by atoms with E-state index >= 15 is 0 Å². The molecule has 0 radical (unpaired) electrons. The van der Waals surface area contributed by atoms with E-state index in [4.69, 9.17) is 27.9 Å². The minimum Gasteiger partial charge on any atom is -0.378 e. The molecule has 1 N–H and O–H groups in total. The summed E-state index contributed by atoms with van der Waals surface area (Å²) in [5.41, 5.74) is 2.21. The number of rotatable bonds is 4. The van der Waals surface area contributed by atoms with Crippen LogP contribution in [-0.4, -0.2) is 56.1 Å². The Labute approximate surface area is 192 Å². The number of carbonyl (C=O) groups is 2. The Hall–Kier alpha value is -2.28. The van der Waals surface area contributed by atoms with Gasteiger partial charge in [0, 0.05) is 41.8 Å². The molecular formula is C23H25Cl2N3O3. The Kier molecular flexibility index (Phi) is 7.00. The van der Waals surface area contributed by atoms with Crippen LogP contribution in [0.15, 0.2) is 42.5 Å². The van der Waals surface area contributed by atoms with E-state index < -0.39 is 0 Å². The van der Waals surface area contributed by atoms with Crippen LogP contribution in [-0.2, 0) is 9.53 Å². The van der Waals surface area contributed by atoms with E-state index in [1.54, 1.807) is 35.2 Å². The average Bonchev–Trinajstić information content (AvgIpc) is 2.80. The van der Waals surface area contributed by atoms with E-state index in [-0.39, 0.29) is 17.7 Å². The van der Waals surface area contributed by atoms with Gasteiger partial charge in [0.1, 0.15) is 0 Å². The Morgan fingerprint density at radius 2 is 1.68 bits per heavy atom. The lowest BCUT2D eigenvalue weighted by Gasteiger charge is -2.33. The number of anilines is 2. The number of ether oxygens (including phenoxy) is 1. The summed E-state index contributed by atoms with van der Waals surface area (Å²) < 4.78 is 5.44. The standard InChI is InChI=1S/C23H25Cl2N3O3/c24-18-5-3-16(4-6-18)23(30)28-9-1-2-17(15-28)22(29)26-20-14-19(25)7-8-21(20)27-10-12-31-13-11-27/h3-8,14,17H,1-2,9-13,15H2,(H,26,29)/t17-/m1/s1. The summed E-state index contributed by atoms with van der Waals surface area (Å²) >= 11 is 12.1. The summed E-state index contributed by atoms with van der Waals surface area (Å²) in [5.74, 6) is -0.446. The molecule has 2 amide bonds. The first-order valence-corrected chi connectivity index (χ1v) is 11.2. The number of halogens is 2. The molecule has 6 nitrogen and oxygen atoms in total. The van der Waals surface area contributed by atoms with Crippen LogP contribution in [0, 0.1) is 5.92 Å². The first-order valence-electron chi connectivity index (χ1n) is 10.5. The van der Waals surface area contributed by atoms with E-state index in [1.807, 2.05) is 12.1 Å². The van der Waals surface area contributed by atoms with Gasteiger partial charge in [0.05, 0.1) is 30.5 Å². The molecule has 0 aromatic heterocycles. The number of piperidine rings is 1. The third-order valence-electron chi connectivity index (χ3n) is 5.74. The van der Waals surface area contributed by atoms with E-state index in [1.165, 1.54) is 0 Å². The normalized spacial score (nSPS) is 19.2. The second-order valence-electron chi connectivity index (χ2n) is 7.85. The lowest BCUT2D eigenvalue weighted by atomic mass is 9.96. The molecule has 0 spiro atoms. The van der Waals surface area contributed by atoms with Crippen LogP contribution in [0.25, 0.3) is 0 Å². The topological polar surface area (TPSA) is 61.9 Å². The molecule has 31 heavy (non-hydrogen) atoms. The van der Waals surface area contributed by atoms with Gasteiger partial charge in [-0.25, -0.2) is 0 Å². The van der Waals surface area contributed by atoms with Gasteiger partial charge in [0.2, 0.25) is 5.91 Å². The summed E-state index contributed by atoms with van der Waals surface area (Å²) in [6.07, 6.45) is 1.52. The fourth-order valence-corrected chi connectivity index (χ4v) is 4.37. The van der Waals surface area contributed by atoms with Crippen LogP contribution in [0.5, 0.6) is 0 Å². The molecule has 164 valence electrons. The molecule has 0 bridgehead atoms. The molecule has 2 fully saturated rings. The lowest BCUT2D eigenvalue weighted by Crippen LogP contribution is -2.44. The number of morpholine rings is 1. The van der Waals surface area contributed by atoms with Crippen molar-refractivity contribution < 1.29 is 14.3 Å². The highest BCUT2D eigenvalue weighted by Crippen LogP contribution is 2.31. The van der Waals surface area contributed by atoms with Crippen molar-refractivity contribution >= 4 is 46.4 Å². The van der Waals surface area contributed by atoms with E-state index in [0.29, 0.717) is 47.6 Å². The number of nitrogens with one attached hydrogen (secondary N) is 1. The zero-order valence-electron chi connectivity index (χ0n) is 17.2. The van der Waals surface area contributed by atoms with Gasteiger partial charge in [-0.2, -0.15) is 0 Å². The molecule has 0 unspecified atom stereocenters. The van der Waals surface area contributed by atoms with Gasteiger partial charge in [-0.3, -0.25) is 9.59 Å². The number of likely N-dealkylation sites (tertiary alicyclic amines) is 1. The highest BCUT2D eigenvalue weighted by Gasteiger charge is 2.29. The maximum Gasteiger partial charge on any atom is 0.253 e. The number of hydrogen-bond donors (Lipinski definition) is 1. The van der Waals surface area contributed by atoms with Gasteiger partial charge in [-0.1, -0.05) is 23.2 Å². The predicted octanol–water partition coefficient (Wildman–Crippen LogP) is 4.32. The number of hydrogen-bond acceptors (Lipinski definition) is 4. The van der Waals surface area contributed by atoms with Gasteiger partial charge in [-0.05, 0) is 55.3 Å². The fraction of sp³-hybridized carbons (Fsp3) is 0.391. The summed E-state index contributed by atoms with van der Waals surface area (Å²) in [6.45, 7) is 3.86. The molecule has 2 aliphatic rings. The summed E-state index contributed by atoms with van der Waals surface area (Å²) in [6, 6.07) is 12.4. The van der Waals surface area contributed by atoms with Crippen LogP contribution < -0.4 is 10.2 Å². The number of carbonyl (C=O) groups excluding carboxylic acids is 2. The van der Waals surface area contributed by atoms with Crippen molar-refractivity contribution in [3.63, 3.8) is 0 Å². The van der Waals surface area contributed by atoms with Crippen LogP contribution in [0.4, 0.5) is 11.4 Å². The highest BCUT2D eigenvalue weighted by atomic mass is 35.5. The smallest absolute Gasteiger partial charge is 0.253 e. The summed E-state index contributed by atoms with van der Waals surface area (Å²) in [7, 11) is 0. The molecule has 2 aromatic rings.